The van der Waals surface area contributed by atoms with Gasteiger partial charge in [0.2, 0.25) is 5.91 Å². The van der Waals surface area contributed by atoms with Gasteiger partial charge in [0.25, 0.3) is 0 Å². The summed E-state index contributed by atoms with van der Waals surface area (Å²) >= 11 is 0. The summed E-state index contributed by atoms with van der Waals surface area (Å²) in [7, 11) is 1.72. The van der Waals surface area contributed by atoms with Gasteiger partial charge < -0.3 is 10.1 Å². The van der Waals surface area contributed by atoms with Crippen LogP contribution in [-0.4, -0.2) is 27.1 Å². The van der Waals surface area contributed by atoms with E-state index in [4.69, 9.17) is 4.74 Å². The van der Waals surface area contributed by atoms with Crippen molar-refractivity contribution in [1.82, 2.24) is 14.5 Å². The monoisotopic (exact) mass is 409 g/mol. The van der Waals surface area contributed by atoms with Crippen molar-refractivity contribution in [1.29, 1.82) is 0 Å². The molecule has 0 unspecified atom stereocenters. The fourth-order valence-corrected chi connectivity index (χ4v) is 3.47. The van der Waals surface area contributed by atoms with Gasteiger partial charge in [-0.25, -0.2) is 4.79 Å². The Bertz CT molecular complexity index is 1080. The van der Waals surface area contributed by atoms with Gasteiger partial charge in [-0.2, -0.15) is 0 Å². The number of esters is 1. The quantitative estimate of drug-likeness (QED) is 0.580. The third kappa shape index (κ3) is 4.97. The molecule has 1 heterocycles. The SMILES string of the molecule is CC(C)OC(=O)C[C@@H](NC(=O)CCn1c(=O)n(C)c2ccccc21)c1ccccc1. The van der Waals surface area contributed by atoms with Crippen LogP contribution in [0.4, 0.5) is 0 Å². The van der Waals surface area contributed by atoms with Crippen LogP contribution in [0.25, 0.3) is 11.0 Å². The number of rotatable bonds is 8. The summed E-state index contributed by atoms with van der Waals surface area (Å²) in [6.45, 7) is 3.83. The number of nitrogens with one attached hydrogen (secondary N) is 1. The van der Waals surface area contributed by atoms with E-state index in [-0.39, 0.29) is 43.1 Å². The van der Waals surface area contributed by atoms with Crippen LogP contribution in [0.15, 0.2) is 59.4 Å². The van der Waals surface area contributed by atoms with Gasteiger partial charge in [-0.05, 0) is 31.5 Å². The highest BCUT2D eigenvalue weighted by atomic mass is 16.5. The summed E-state index contributed by atoms with van der Waals surface area (Å²) < 4.78 is 8.41. The number of imidazole rings is 1. The van der Waals surface area contributed by atoms with Crippen LogP contribution in [0.1, 0.15) is 38.3 Å². The molecule has 1 amide bonds. The molecule has 0 aliphatic rings. The highest BCUT2D eigenvalue weighted by Crippen LogP contribution is 2.18. The normalized spacial score (nSPS) is 12.1. The topological polar surface area (TPSA) is 82.3 Å². The lowest BCUT2D eigenvalue weighted by Crippen LogP contribution is -2.32. The average molecular weight is 409 g/mol. The number of hydrogen-bond acceptors (Lipinski definition) is 4. The maximum absolute atomic E-state index is 12.7. The molecule has 0 radical (unpaired) electrons. The number of carbonyl (C=O) groups is 2. The van der Waals surface area contributed by atoms with Crippen LogP contribution in [0.5, 0.6) is 0 Å². The summed E-state index contributed by atoms with van der Waals surface area (Å²) in [5.41, 5.74) is 2.28. The molecule has 1 atom stereocenters. The maximum atomic E-state index is 12.7. The van der Waals surface area contributed by atoms with E-state index in [0.29, 0.717) is 0 Å². The molecule has 1 N–H and O–H groups in total. The van der Waals surface area contributed by atoms with Gasteiger partial charge in [-0.3, -0.25) is 18.7 Å². The minimum absolute atomic E-state index is 0.0438. The van der Waals surface area contributed by atoms with Crippen molar-refractivity contribution in [3.05, 3.63) is 70.6 Å². The Balaban J connectivity index is 1.71. The summed E-state index contributed by atoms with van der Waals surface area (Å²) in [4.78, 5) is 37.4. The molecule has 7 nitrogen and oxygen atoms in total. The molecule has 0 bridgehead atoms. The van der Waals surface area contributed by atoms with Gasteiger partial charge in [0.1, 0.15) is 0 Å². The zero-order chi connectivity index (χ0) is 21.7. The molecule has 2 aromatic carbocycles. The van der Waals surface area contributed by atoms with Crippen LogP contribution < -0.4 is 11.0 Å². The number of amides is 1. The van der Waals surface area contributed by atoms with Crippen LogP contribution in [0.2, 0.25) is 0 Å². The number of aromatic nitrogens is 2. The molecule has 0 spiro atoms. The minimum Gasteiger partial charge on any atom is -0.463 e. The van der Waals surface area contributed by atoms with Gasteiger partial charge >= 0.3 is 11.7 Å². The van der Waals surface area contributed by atoms with Gasteiger partial charge in [0, 0.05) is 20.0 Å². The highest BCUT2D eigenvalue weighted by Gasteiger charge is 2.20. The van der Waals surface area contributed by atoms with Crippen molar-refractivity contribution in [2.75, 3.05) is 0 Å². The number of para-hydroxylation sites is 2. The summed E-state index contributed by atoms with van der Waals surface area (Å²) in [5, 5.41) is 2.92. The van der Waals surface area contributed by atoms with Gasteiger partial charge in [-0.1, -0.05) is 42.5 Å². The molecule has 0 aliphatic carbocycles. The molecule has 1 aromatic heterocycles. The number of aryl methyl sites for hydroxylation is 2. The smallest absolute Gasteiger partial charge is 0.328 e. The molecule has 0 aliphatic heterocycles. The van der Waals surface area contributed by atoms with Crippen LogP contribution in [0.3, 0.4) is 0 Å². The molecule has 7 heteroatoms. The number of carbonyl (C=O) groups excluding carboxylic acids is 2. The minimum atomic E-state index is -0.491. The Morgan fingerprint density at radius 1 is 1.00 bits per heavy atom. The Kier molecular flexibility index (Phi) is 6.72. The molecule has 0 saturated heterocycles. The lowest BCUT2D eigenvalue weighted by atomic mass is 10.0. The van der Waals surface area contributed by atoms with Crippen molar-refractivity contribution in [2.45, 2.75) is 45.4 Å². The van der Waals surface area contributed by atoms with Gasteiger partial charge in [0.15, 0.2) is 0 Å². The number of nitrogens with zero attached hydrogens (tertiary/aromatic N) is 2. The molecular weight excluding hydrogens is 382 g/mol. The van der Waals surface area contributed by atoms with E-state index in [9.17, 15) is 14.4 Å². The zero-order valence-electron chi connectivity index (χ0n) is 17.5. The lowest BCUT2D eigenvalue weighted by Gasteiger charge is -2.19. The van der Waals surface area contributed by atoms with Crippen molar-refractivity contribution < 1.29 is 14.3 Å². The van der Waals surface area contributed by atoms with E-state index in [2.05, 4.69) is 5.32 Å². The molecule has 30 heavy (non-hydrogen) atoms. The predicted molar refractivity (Wildman–Crippen MR) is 115 cm³/mol. The largest absolute Gasteiger partial charge is 0.463 e. The molecule has 0 fully saturated rings. The van der Waals surface area contributed by atoms with E-state index >= 15 is 0 Å². The van der Waals surface area contributed by atoms with Crippen LogP contribution in [0, 0.1) is 0 Å². The Morgan fingerprint density at radius 3 is 2.30 bits per heavy atom. The van der Waals surface area contributed by atoms with E-state index in [1.54, 1.807) is 30.0 Å². The Morgan fingerprint density at radius 2 is 1.63 bits per heavy atom. The molecule has 3 aromatic rings. The summed E-state index contributed by atoms with van der Waals surface area (Å²) in [5.74, 6) is -0.606. The fourth-order valence-electron chi connectivity index (χ4n) is 3.47. The lowest BCUT2D eigenvalue weighted by molar-refractivity contribution is -0.148. The third-order valence-electron chi connectivity index (χ3n) is 4.89. The van der Waals surface area contributed by atoms with Crippen molar-refractivity contribution in [2.24, 2.45) is 7.05 Å². The molecule has 3 rings (SSSR count). The first kappa shape index (κ1) is 21.4. The number of fused-ring (bicyclic) bond motifs is 1. The van der Waals surface area contributed by atoms with Crippen LogP contribution >= 0.6 is 0 Å². The zero-order valence-corrected chi connectivity index (χ0v) is 17.5. The van der Waals surface area contributed by atoms with E-state index in [0.717, 1.165) is 16.6 Å². The molecule has 0 saturated carbocycles. The highest BCUT2D eigenvalue weighted by molar-refractivity contribution is 5.79. The van der Waals surface area contributed by atoms with E-state index in [1.807, 2.05) is 54.6 Å². The first-order valence-electron chi connectivity index (χ1n) is 10.0. The standard InChI is InChI=1S/C23H27N3O4/c1-16(2)30-22(28)15-18(17-9-5-4-6-10-17)24-21(27)13-14-26-20-12-8-7-11-19(20)25(3)23(26)29/h4-12,16,18H,13-15H2,1-3H3,(H,24,27)/t18-/m1/s1. The van der Waals surface area contributed by atoms with Gasteiger partial charge in [-0.15, -0.1) is 0 Å². The van der Waals surface area contributed by atoms with Gasteiger partial charge in [0.05, 0.1) is 29.6 Å². The number of benzene rings is 2. The van der Waals surface area contributed by atoms with Crippen molar-refractivity contribution in [3.63, 3.8) is 0 Å². The molecule has 158 valence electrons. The number of ether oxygens (including phenoxy) is 1. The Hall–Kier alpha value is -3.35. The first-order valence-corrected chi connectivity index (χ1v) is 10.0. The number of hydrogen-bond donors (Lipinski definition) is 1. The predicted octanol–water partition coefficient (Wildman–Crippen LogP) is 2.93. The average Bonchev–Trinajstić information content (AvgIpc) is 2.96. The second kappa shape index (κ2) is 9.43. The van der Waals surface area contributed by atoms with Crippen molar-refractivity contribution >= 4 is 22.9 Å². The second-order valence-electron chi connectivity index (χ2n) is 7.51. The maximum Gasteiger partial charge on any atom is 0.328 e. The second-order valence-corrected chi connectivity index (χ2v) is 7.51. The summed E-state index contributed by atoms with van der Waals surface area (Å²) in [6, 6.07) is 16.3. The summed E-state index contributed by atoms with van der Waals surface area (Å²) in [6.07, 6.45) is -0.0543. The fraction of sp³-hybridized carbons (Fsp3) is 0.348. The van der Waals surface area contributed by atoms with Crippen LogP contribution in [-0.2, 0) is 27.9 Å². The Labute approximate surface area is 175 Å². The third-order valence-corrected chi connectivity index (χ3v) is 4.89. The molecular formula is C23H27N3O4. The first-order chi connectivity index (χ1) is 14.4. The van der Waals surface area contributed by atoms with Crippen molar-refractivity contribution in [3.8, 4) is 0 Å². The van der Waals surface area contributed by atoms with E-state index < -0.39 is 6.04 Å². The van der Waals surface area contributed by atoms with E-state index in [1.165, 1.54) is 0 Å².